The summed E-state index contributed by atoms with van der Waals surface area (Å²) in [5.41, 5.74) is 5.26. The van der Waals surface area contributed by atoms with Gasteiger partial charge in [-0.2, -0.15) is 0 Å². The van der Waals surface area contributed by atoms with Crippen LogP contribution in [0.5, 0.6) is 5.75 Å². The summed E-state index contributed by atoms with van der Waals surface area (Å²) in [6.45, 7) is 13.1. The molecule has 1 heterocycles. The van der Waals surface area contributed by atoms with Crippen LogP contribution in [0, 0.1) is 28.6 Å². The van der Waals surface area contributed by atoms with E-state index in [0.717, 1.165) is 24.2 Å². The smallest absolute Gasteiger partial charge is 0.127 e. The van der Waals surface area contributed by atoms with Gasteiger partial charge in [-0.25, -0.2) is 0 Å². The molecule has 1 aliphatic heterocycles. The Morgan fingerprint density at radius 2 is 1.86 bits per heavy atom. The third kappa shape index (κ3) is 1.55. The van der Waals surface area contributed by atoms with Crippen LogP contribution < -0.4 is 4.74 Å². The van der Waals surface area contributed by atoms with Crippen LogP contribution in [0.15, 0.2) is 29.8 Å². The van der Waals surface area contributed by atoms with Gasteiger partial charge in [-0.15, -0.1) is 0 Å². The first-order valence-electron chi connectivity index (χ1n) is 8.80. The van der Waals surface area contributed by atoms with E-state index in [4.69, 9.17) is 4.74 Å². The Kier molecular flexibility index (Phi) is 2.87. The lowest BCUT2D eigenvalue weighted by atomic mass is 9.62. The Labute approximate surface area is 134 Å². The third-order valence-electron chi connectivity index (χ3n) is 7.61. The number of benzene rings is 1. The van der Waals surface area contributed by atoms with Crippen LogP contribution in [0.4, 0.5) is 0 Å². The molecule has 4 atom stereocenters. The lowest BCUT2D eigenvalue weighted by Gasteiger charge is -2.43. The Balaban J connectivity index is 1.89. The standard InChI is InChI=1S/C21H28O/c1-13-12-22-17-9-7-6-8-15(17)18(13)19-14(2)16-10-11-21(19,5)20(16,3)4/h6-9,14,16,19H,10-12H2,1-5H3/t14?,16-,19?,21-/m0/s1. The molecule has 22 heavy (non-hydrogen) atoms. The van der Waals surface area contributed by atoms with E-state index in [1.54, 1.807) is 5.57 Å². The van der Waals surface area contributed by atoms with Crippen LogP contribution in [-0.2, 0) is 0 Å². The van der Waals surface area contributed by atoms with Gasteiger partial charge in [-0.1, -0.05) is 45.9 Å². The molecule has 0 saturated heterocycles. The van der Waals surface area contributed by atoms with Crippen molar-refractivity contribution in [3.8, 4) is 5.75 Å². The van der Waals surface area contributed by atoms with E-state index in [2.05, 4.69) is 58.9 Å². The van der Waals surface area contributed by atoms with Crippen LogP contribution in [0.3, 0.4) is 0 Å². The number of para-hydroxylation sites is 1. The second-order valence-electron chi connectivity index (χ2n) is 8.60. The highest BCUT2D eigenvalue weighted by molar-refractivity contribution is 5.77. The average Bonchev–Trinajstić information content (AvgIpc) is 2.79. The van der Waals surface area contributed by atoms with Crippen LogP contribution in [0.2, 0.25) is 0 Å². The van der Waals surface area contributed by atoms with Gasteiger partial charge in [0.2, 0.25) is 0 Å². The van der Waals surface area contributed by atoms with E-state index in [1.165, 1.54) is 24.0 Å². The van der Waals surface area contributed by atoms with Crippen molar-refractivity contribution in [2.45, 2.75) is 47.5 Å². The molecule has 0 radical (unpaired) electrons. The zero-order chi connectivity index (χ0) is 15.7. The summed E-state index contributed by atoms with van der Waals surface area (Å²) in [7, 11) is 0. The van der Waals surface area contributed by atoms with Crippen molar-refractivity contribution in [3.05, 3.63) is 35.4 Å². The van der Waals surface area contributed by atoms with Gasteiger partial charge in [0, 0.05) is 5.56 Å². The summed E-state index contributed by atoms with van der Waals surface area (Å²) in [6, 6.07) is 8.65. The highest BCUT2D eigenvalue weighted by Crippen LogP contribution is 2.73. The summed E-state index contributed by atoms with van der Waals surface area (Å²) in [5, 5.41) is 0. The molecular formula is C21H28O. The van der Waals surface area contributed by atoms with Gasteiger partial charge < -0.3 is 4.74 Å². The van der Waals surface area contributed by atoms with E-state index in [0.29, 0.717) is 16.7 Å². The lowest BCUT2D eigenvalue weighted by molar-refractivity contribution is 0.124. The van der Waals surface area contributed by atoms with E-state index in [1.807, 2.05) is 0 Å². The zero-order valence-electron chi connectivity index (χ0n) is 14.6. The average molecular weight is 296 g/mol. The summed E-state index contributed by atoms with van der Waals surface area (Å²) in [4.78, 5) is 0. The Bertz CT molecular complexity index is 654. The molecule has 2 fully saturated rings. The van der Waals surface area contributed by atoms with Crippen LogP contribution in [0.25, 0.3) is 5.57 Å². The topological polar surface area (TPSA) is 9.23 Å². The molecule has 118 valence electrons. The SMILES string of the molecule is CC1=C(C2C(C)[C@@H]3CC[C@]2(C)C3(C)C)c2ccccc2OC1. The van der Waals surface area contributed by atoms with Crippen molar-refractivity contribution in [1.82, 2.24) is 0 Å². The number of ether oxygens (including phenoxy) is 1. The minimum atomic E-state index is 0.415. The monoisotopic (exact) mass is 296 g/mol. The minimum absolute atomic E-state index is 0.415. The maximum absolute atomic E-state index is 5.97. The quantitative estimate of drug-likeness (QED) is 0.659. The maximum Gasteiger partial charge on any atom is 0.127 e. The van der Waals surface area contributed by atoms with E-state index < -0.39 is 0 Å². The molecule has 1 aromatic rings. The second kappa shape index (κ2) is 4.40. The molecule has 3 aliphatic rings. The predicted molar refractivity (Wildman–Crippen MR) is 91.8 cm³/mol. The Hall–Kier alpha value is -1.24. The number of rotatable bonds is 1. The summed E-state index contributed by atoms with van der Waals surface area (Å²) in [5.74, 6) is 3.38. The number of hydrogen-bond donors (Lipinski definition) is 0. The third-order valence-corrected chi connectivity index (χ3v) is 7.61. The van der Waals surface area contributed by atoms with Crippen molar-refractivity contribution < 1.29 is 4.74 Å². The number of fused-ring (bicyclic) bond motifs is 3. The van der Waals surface area contributed by atoms with Crippen LogP contribution >= 0.6 is 0 Å². The normalized spacial score (nSPS) is 38.9. The van der Waals surface area contributed by atoms with Gasteiger partial charge in [-0.05, 0) is 65.6 Å². The maximum atomic E-state index is 5.97. The summed E-state index contributed by atoms with van der Waals surface area (Å²) in [6.07, 6.45) is 2.78. The zero-order valence-corrected chi connectivity index (χ0v) is 14.6. The van der Waals surface area contributed by atoms with Gasteiger partial charge in [0.05, 0.1) is 0 Å². The number of hydrogen-bond acceptors (Lipinski definition) is 1. The van der Waals surface area contributed by atoms with Gasteiger partial charge in [0.25, 0.3) is 0 Å². The van der Waals surface area contributed by atoms with Crippen LogP contribution in [0.1, 0.15) is 53.0 Å². The minimum Gasteiger partial charge on any atom is -0.489 e. The Morgan fingerprint density at radius 3 is 2.55 bits per heavy atom. The van der Waals surface area contributed by atoms with Gasteiger partial charge in [-0.3, -0.25) is 0 Å². The molecule has 1 nitrogen and oxygen atoms in total. The first kappa shape index (κ1) is 14.4. The van der Waals surface area contributed by atoms with E-state index >= 15 is 0 Å². The van der Waals surface area contributed by atoms with Crippen molar-refractivity contribution >= 4 is 5.57 Å². The molecule has 0 amide bonds. The fraction of sp³-hybridized carbons (Fsp3) is 0.619. The lowest BCUT2D eigenvalue weighted by Crippen LogP contribution is -2.35. The van der Waals surface area contributed by atoms with Crippen molar-refractivity contribution in [2.75, 3.05) is 6.61 Å². The first-order chi connectivity index (χ1) is 10.4. The molecule has 1 heteroatoms. The molecule has 4 rings (SSSR count). The van der Waals surface area contributed by atoms with E-state index in [9.17, 15) is 0 Å². The van der Waals surface area contributed by atoms with Crippen molar-refractivity contribution in [2.24, 2.45) is 28.6 Å². The number of allylic oxidation sites excluding steroid dienone is 1. The predicted octanol–water partition coefficient (Wildman–Crippen LogP) is 5.56. The van der Waals surface area contributed by atoms with E-state index in [-0.39, 0.29) is 0 Å². The molecule has 2 aliphatic carbocycles. The molecule has 2 unspecified atom stereocenters. The fourth-order valence-electron chi connectivity index (χ4n) is 6.17. The Morgan fingerprint density at radius 1 is 1.14 bits per heavy atom. The summed E-state index contributed by atoms with van der Waals surface area (Å²) >= 11 is 0. The van der Waals surface area contributed by atoms with Crippen molar-refractivity contribution in [3.63, 3.8) is 0 Å². The molecule has 1 aromatic carbocycles. The molecule has 2 saturated carbocycles. The molecule has 0 N–H and O–H groups in total. The fourth-order valence-corrected chi connectivity index (χ4v) is 6.17. The van der Waals surface area contributed by atoms with Gasteiger partial charge in [0.1, 0.15) is 12.4 Å². The highest BCUT2D eigenvalue weighted by Gasteiger charge is 2.65. The molecular weight excluding hydrogens is 268 g/mol. The first-order valence-corrected chi connectivity index (χ1v) is 8.80. The second-order valence-corrected chi connectivity index (χ2v) is 8.60. The molecule has 0 aromatic heterocycles. The van der Waals surface area contributed by atoms with Gasteiger partial charge in [0.15, 0.2) is 0 Å². The van der Waals surface area contributed by atoms with Gasteiger partial charge >= 0.3 is 0 Å². The van der Waals surface area contributed by atoms with Crippen molar-refractivity contribution in [1.29, 1.82) is 0 Å². The molecule has 2 bridgehead atoms. The van der Waals surface area contributed by atoms with Crippen LogP contribution in [-0.4, -0.2) is 6.61 Å². The summed E-state index contributed by atoms with van der Waals surface area (Å²) < 4.78 is 5.97. The molecule has 0 spiro atoms. The highest BCUT2D eigenvalue weighted by atomic mass is 16.5. The largest absolute Gasteiger partial charge is 0.489 e.